The van der Waals surface area contributed by atoms with E-state index in [-0.39, 0.29) is 5.91 Å². The first-order chi connectivity index (χ1) is 11.6. The Labute approximate surface area is 144 Å². The second-order valence-electron chi connectivity index (χ2n) is 7.11. The van der Waals surface area contributed by atoms with Crippen LogP contribution in [0.4, 0.5) is 5.69 Å². The van der Waals surface area contributed by atoms with Gasteiger partial charge in [0.15, 0.2) is 6.54 Å². The Morgan fingerprint density at radius 2 is 1.58 bits per heavy atom. The van der Waals surface area contributed by atoms with Crippen molar-refractivity contribution in [2.75, 3.05) is 25.0 Å². The number of aryl methyl sites for hydroxylation is 2. The normalized spacial score (nSPS) is 16.1. The van der Waals surface area contributed by atoms with Crippen LogP contribution in [0.3, 0.4) is 0 Å². The minimum absolute atomic E-state index is 0.130. The van der Waals surface area contributed by atoms with E-state index in [4.69, 9.17) is 0 Å². The molecule has 0 bridgehead atoms. The number of hydrogen-bond acceptors (Lipinski definition) is 1. The Morgan fingerprint density at radius 1 is 0.958 bits per heavy atom. The fraction of sp³-hybridized carbons (Fsp3) is 0.381. The molecule has 1 fully saturated rings. The van der Waals surface area contributed by atoms with Crippen LogP contribution in [-0.4, -0.2) is 30.0 Å². The van der Waals surface area contributed by atoms with Crippen LogP contribution in [0.1, 0.15) is 29.5 Å². The van der Waals surface area contributed by atoms with E-state index in [9.17, 15) is 4.79 Å². The second kappa shape index (κ2) is 7.18. The van der Waals surface area contributed by atoms with E-state index < -0.39 is 0 Å². The quantitative estimate of drug-likeness (QED) is 0.826. The molecule has 1 aliphatic rings. The van der Waals surface area contributed by atoms with Crippen molar-refractivity contribution < 1.29 is 9.28 Å². The molecule has 1 saturated heterocycles. The molecule has 126 valence electrons. The van der Waals surface area contributed by atoms with Gasteiger partial charge in [-0.1, -0.05) is 48.5 Å². The molecule has 2 aromatic rings. The topological polar surface area (TPSA) is 29.1 Å². The molecule has 0 aliphatic carbocycles. The summed E-state index contributed by atoms with van der Waals surface area (Å²) in [6.07, 6.45) is 2.42. The van der Waals surface area contributed by atoms with E-state index in [1.807, 2.05) is 38.1 Å². The van der Waals surface area contributed by atoms with Crippen LogP contribution < -0.4 is 5.32 Å². The first-order valence-electron chi connectivity index (χ1n) is 8.83. The Bertz CT molecular complexity index is 683. The van der Waals surface area contributed by atoms with Crippen LogP contribution in [0.2, 0.25) is 0 Å². The molecule has 1 heterocycles. The van der Waals surface area contributed by atoms with Gasteiger partial charge in [0.2, 0.25) is 0 Å². The van der Waals surface area contributed by atoms with E-state index in [0.29, 0.717) is 6.54 Å². The predicted octanol–water partition coefficient (Wildman–Crippen LogP) is 4.05. The average Bonchev–Trinajstić information content (AvgIpc) is 3.00. The van der Waals surface area contributed by atoms with Gasteiger partial charge in [0.25, 0.3) is 5.91 Å². The molecular formula is C21H27N2O+. The first-order valence-corrected chi connectivity index (χ1v) is 8.83. The number of rotatable bonds is 5. The lowest BCUT2D eigenvalue weighted by molar-refractivity contribution is -0.922. The minimum atomic E-state index is 0.130. The van der Waals surface area contributed by atoms with Crippen LogP contribution in [0.5, 0.6) is 0 Å². The zero-order chi connectivity index (χ0) is 17.0. The van der Waals surface area contributed by atoms with Crippen molar-refractivity contribution >= 4 is 11.6 Å². The number of anilines is 1. The third kappa shape index (κ3) is 3.85. The molecule has 3 rings (SSSR count). The molecule has 0 atom stereocenters. The van der Waals surface area contributed by atoms with E-state index in [1.54, 1.807) is 0 Å². The van der Waals surface area contributed by atoms with Crippen molar-refractivity contribution in [2.24, 2.45) is 0 Å². The highest BCUT2D eigenvalue weighted by Crippen LogP contribution is 2.25. The zero-order valence-corrected chi connectivity index (χ0v) is 14.7. The smallest absolute Gasteiger partial charge is 0.279 e. The van der Waals surface area contributed by atoms with E-state index >= 15 is 0 Å². The maximum atomic E-state index is 12.7. The van der Waals surface area contributed by atoms with Crippen LogP contribution in [0.25, 0.3) is 0 Å². The number of nitrogens with zero attached hydrogens (tertiary/aromatic N) is 1. The molecule has 24 heavy (non-hydrogen) atoms. The van der Waals surface area contributed by atoms with Gasteiger partial charge in [-0.15, -0.1) is 0 Å². The van der Waals surface area contributed by atoms with Crippen molar-refractivity contribution in [3.8, 4) is 0 Å². The minimum Gasteiger partial charge on any atom is -0.321 e. The number of benzene rings is 2. The maximum Gasteiger partial charge on any atom is 0.279 e. The lowest BCUT2D eigenvalue weighted by Gasteiger charge is -2.33. The van der Waals surface area contributed by atoms with Crippen molar-refractivity contribution in [1.82, 2.24) is 0 Å². The summed E-state index contributed by atoms with van der Waals surface area (Å²) in [5, 5.41) is 3.16. The summed E-state index contributed by atoms with van der Waals surface area (Å²) >= 11 is 0. The van der Waals surface area contributed by atoms with E-state index in [2.05, 4.69) is 29.6 Å². The van der Waals surface area contributed by atoms with Crippen LogP contribution in [0.15, 0.2) is 48.5 Å². The Kier molecular flexibility index (Phi) is 5.00. The lowest BCUT2D eigenvalue weighted by atomic mass is 10.1. The second-order valence-corrected chi connectivity index (χ2v) is 7.11. The molecule has 0 spiro atoms. The molecule has 0 saturated carbocycles. The standard InChI is InChI=1S/C21H26N2O/c1-17-9-8-10-18(2)21(17)22-20(24)16-23(13-6-7-14-23)15-19-11-4-3-5-12-19/h3-5,8-12H,6-7,13-16H2,1-2H3/p+1. The summed E-state index contributed by atoms with van der Waals surface area (Å²) in [5.74, 6) is 0.130. The van der Waals surface area contributed by atoms with Crippen molar-refractivity contribution in [3.63, 3.8) is 0 Å². The van der Waals surface area contributed by atoms with Gasteiger partial charge in [-0.2, -0.15) is 0 Å². The number of carbonyl (C=O) groups is 1. The zero-order valence-electron chi connectivity index (χ0n) is 14.7. The number of quaternary nitrogens is 1. The molecule has 1 aliphatic heterocycles. The van der Waals surface area contributed by atoms with Crippen molar-refractivity contribution in [1.29, 1.82) is 0 Å². The van der Waals surface area contributed by atoms with Crippen LogP contribution >= 0.6 is 0 Å². The highest BCUT2D eigenvalue weighted by molar-refractivity contribution is 5.93. The molecule has 3 nitrogen and oxygen atoms in total. The van der Waals surface area contributed by atoms with E-state index in [0.717, 1.165) is 40.9 Å². The number of nitrogens with one attached hydrogen (secondary N) is 1. The third-order valence-electron chi connectivity index (χ3n) is 5.10. The van der Waals surface area contributed by atoms with Gasteiger partial charge in [-0.3, -0.25) is 4.79 Å². The molecule has 3 heteroatoms. The van der Waals surface area contributed by atoms with Gasteiger partial charge < -0.3 is 9.80 Å². The van der Waals surface area contributed by atoms with Crippen molar-refractivity contribution in [3.05, 3.63) is 65.2 Å². The monoisotopic (exact) mass is 323 g/mol. The number of likely N-dealkylation sites (tertiary alicyclic amines) is 1. The molecular weight excluding hydrogens is 296 g/mol. The molecule has 0 radical (unpaired) electrons. The largest absolute Gasteiger partial charge is 0.321 e. The third-order valence-corrected chi connectivity index (χ3v) is 5.10. The molecule has 0 aromatic heterocycles. The highest BCUT2D eigenvalue weighted by Gasteiger charge is 2.34. The van der Waals surface area contributed by atoms with Gasteiger partial charge in [-0.25, -0.2) is 0 Å². The summed E-state index contributed by atoms with van der Waals surface area (Å²) < 4.78 is 0.876. The number of amides is 1. The van der Waals surface area contributed by atoms with Gasteiger partial charge in [-0.05, 0) is 25.0 Å². The fourth-order valence-corrected chi connectivity index (χ4v) is 3.84. The van der Waals surface area contributed by atoms with Crippen LogP contribution in [-0.2, 0) is 11.3 Å². The lowest BCUT2D eigenvalue weighted by Crippen LogP contribution is -2.49. The highest BCUT2D eigenvalue weighted by atomic mass is 16.2. The summed E-state index contributed by atoms with van der Waals surface area (Å²) in [5.41, 5.74) is 4.54. The van der Waals surface area contributed by atoms with Gasteiger partial charge >= 0.3 is 0 Å². The van der Waals surface area contributed by atoms with Gasteiger partial charge in [0, 0.05) is 24.1 Å². The summed E-state index contributed by atoms with van der Waals surface area (Å²) in [7, 11) is 0. The molecule has 0 unspecified atom stereocenters. The predicted molar refractivity (Wildman–Crippen MR) is 98.8 cm³/mol. The van der Waals surface area contributed by atoms with Crippen LogP contribution in [0, 0.1) is 13.8 Å². The molecule has 1 amide bonds. The van der Waals surface area contributed by atoms with Crippen molar-refractivity contribution in [2.45, 2.75) is 33.2 Å². The summed E-state index contributed by atoms with van der Waals surface area (Å²) in [6.45, 7) is 7.79. The number of carbonyl (C=O) groups excluding carboxylic acids is 1. The number of para-hydroxylation sites is 1. The molecule has 1 N–H and O–H groups in total. The Hall–Kier alpha value is -2.13. The molecule has 2 aromatic carbocycles. The van der Waals surface area contributed by atoms with E-state index in [1.165, 1.54) is 18.4 Å². The maximum absolute atomic E-state index is 12.7. The Morgan fingerprint density at radius 3 is 2.21 bits per heavy atom. The summed E-state index contributed by atoms with van der Waals surface area (Å²) in [4.78, 5) is 12.7. The first kappa shape index (κ1) is 16.7. The SMILES string of the molecule is Cc1cccc(C)c1NC(=O)C[N+]1(Cc2ccccc2)CCCC1. The fourth-order valence-electron chi connectivity index (χ4n) is 3.84. The number of hydrogen-bond donors (Lipinski definition) is 1. The van der Waals surface area contributed by atoms with Gasteiger partial charge in [0.05, 0.1) is 13.1 Å². The van der Waals surface area contributed by atoms with Gasteiger partial charge in [0.1, 0.15) is 6.54 Å². The Balaban J connectivity index is 1.73. The summed E-state index contributed by atoms with van der Waals surface area (Å²) in [6, 6.07) is 16.7. The average molecular weight is 323 g/mol.